The molecule has 200 valence electrons. The highest BCUT2D eigenvalue weighted by atomic mass is 16.4. The predicted molar refractivity (Wildman–Crippen MR) is 135 cm³/mol. The molecule has 2 heterocycles. The SMILES string of the molecule is O=CCC(CCCCN(Cc1ccccn1)Cc1ccccn1)NC(=O)NC(CCC(=O)O)CC(=O)O. The molecule has 0 spiro atoms. The minimum atomic E-state index is -1.14. The second-order valence-electron chi connectivity index (χ2n) is 8.79. The van der Waals surface area contributed by atoms with Crippen LogP contribution >= 0.6 is 0 Å². The maximum Gasteiger partial charge on any atom is 0.315 e. The summed E-state index contributed by atoms with van der Waals surface area (Å²) in [7, 11) is 0. The molecule has 11 heteroatoms. The van der Waals surface area contributed by atoms with Crippen molar-refractivity contribution in [1.29, 1.82) is 0 Å². The summed E-state index contributed by atoms with van der Waals surface area (Å²) in [6.07, 6.45) is 5.86. The molecule has 0 aromatic carbocycles. The number of nitrogens with zero attached hydrogens (tertiary/aromatic N) is 3. The van der Waals surface area contributed by atoms with Gasteiger partial charge >= 0.3 is 18.0 Å². The average molecular weight is 514 g/mol. The highest BCUT2D eigenvalue weighted by molar-refractivity contribution is 5.76. The number of amides is 2. The standard InChI is InChI=1S/C26H35N5O6/c32-16-12-20(29-26(37)30-21(17-25(35)36)10-11-24(33)34)7-3-6-15-31(18-22-8-1-4-13-27-22)19-23-9-2-5-14-28-23/h1-2,4-5,8-9,13-14,16,20-21H,3,6-7,10-12,15,17-19H2,(H,33,34)(H,35,36)(H2,29,30,37). The molecule has 0 bridgehead atoms. The second kappa shape index (κ2) is 16.7. The molecule has 2 aromatic rings. The van der Waals surface area contributed by atoms with Gasteiger partial charge in [0, 0.05) is 50.4 Å². The Morgan fingerprint density at radius 2 is 1.49 bits per heavy atom. The number of rotatable bonds is 18. The van der Waals surface area contributed by atoms with Crippen LogP contribution in [0.3, 0.4) is 0 Å². The lowest BCUT2D eigenvalue weighted by Crippen LogP contribution is -2.47. The Labute approximate surface area is 216 Å². The summed E-state index contributed by atoms with van der Waals surface area (Å²) in [5.41, 5.74) is 1.91. The van der Waals surface area contributed by atoms with E-state index in [1.165, 1.54) is 0 Å². The first-order valence-corrected chi connectivity index (χ1v) is 12.3. The number of carboxylic acids is 2. The zero-order chi connectivity index (χ0) is 26.9. The van der Waals surface area contributed by atoms with E-state index in [1.54, 1.807) is 12.4 Å². The average Bonchev–Trinajstić information content (AvgIpc) is 2.86. The van der Waals surface area contributed by atoms with Crippen molar-refractivity contribution in [2.24, 2.45) is 0 Å². The van der Waals surface area contributed by atoms with Crippen molar-refractivity contribution >= 4 is 24.3 Å². The van der Waals surface area contributed by atoms with Gasteiger partial charge in [0.1, 0.15) is 6.29 Å². The number of urea groups is 1. The molecule has 2 aromatic heterocycles. The normalized spacial score (nSPS) is 12.5. The molecule has 0 fully saturated rings. The van der Waals surface area contributed by atoms with E-state index in [0.29, 0.717) is 19.5 Å². The van der Waals surface area contributed by atoms with Crippen molar-refractivity contribution in [3.8, 4) is 0 Å². The van der Waals surface area contributed by atoms with Gasteiger partial charge in [-0.1, -0.05) is 18.6 Å². The fourth-order valence-corrected chi connectivity index (χ4v) is 3.89. The maximum absolute atomic E-state index is 12.4. The summed E-state index contributed by atoms with van der Waals surface area (Å²) < 4.78 is 0. The highest BCUT2D eigenvalue weighted by Crippen LogP contribution is 2.11. The van der Waals surface area contributed by atoms with Gasteiger partial charge in [-0.3, -0.25) is 24.5 Å². The van der Waals surface area contributed by atoms with Gasteiger partial charge in [-0.2, -0.15) is 0 Å². The van der Waals surface area contributed by atoms with Crippen LogP contribution in [0.15, 0.2) is 48.8 Å². The Morgan fingerprint density at radius 1 is 0.865 bits per heavy atom. The van der Waals surface area contributed by atoms with Gasteiger partial charge < -0.3 is 25.6 Å². The monoisotopic (exact) mass is 513 g/mol. The van der Waals surface area contributed by atoms with Crippen LogP contribution in [0, 0.1) is 0 Å². The van der Waals surface area contributed by atoms with Gasteiger partial charge in [-0.15, -0.1) is 0 Å². The largest absolute Gasteiger partial charge is 0.481 e. The zero-order valence-electron chi connectivity index (χ0n) is 20.8. The van der Waals surface area contributed by atoms with Crippen LogP contribution in [-0.2, 0) is 27.5 Å². The second-order valence-corrected chi connectivity index (χ2v) is 8.79. The molecule has 0 saturated carbocycles. The maximum atomic E-state index is 12.4. The molecule has 2 atom stereocenters. The molecule has 37 heavy (non-hydrogen) atoms. The van der Waals surface area contributed by atoms with Crippen LogP contribution < -0.4 is 10.6 Å². The number of carbonyl (C=O) groups is 4. The molecule has 0 saturated heterocycles. The number of carboxylic acid groups (broad SMARTS) is 2. The fraction of sp³-hybridized carbons (Fsp3) is 0.462. The topological polar surface area (TPSA) is 162 Å². The molecule has 0 aliphatic rings. The summed E-state index contributed by atoms with van der Waals surface area (Å²) in [6, 6.07) is 9.74. The third-order valence-electron chi connectivity index (χ3n) is 5.68. The van der Waals surface area contributed by atoms with Gasteiger partial charge in [-0.05, 0) is 50.1 Å². The van der Waals surface area contributed by atoms with Crippen molar-refractivity contribution in [2.75, 3.05) is 6.54 Å². The summed E-state index contributed by atoms with van der Waals surface area (Å²) in [5, 5.41) is 23.1. The molecule has 2 unspecified atom stereocenters. The first kappa shape index (κ1) is 29.4. The van der Waals surface area contributed by atoms with E-state index in [1.807, 2.05) is 36.4 Å². The lowest BCUT2D eigenvalue weighted by Gasteiger charge is -2.23. The summed E-state index contributed by atoms with van der Waals surface area (Å²) in [5.74, 6) is -2.21. The molecular weight excluding hydrogens is 478 g/mol. The molecule has 0 aliphatic carbocycles. The summed E-state index contributed by atoms with van der Waals surface area (Å²) >= 11 is 0. The van der Waals surface area contributed by atoms with Gasteiger partial charge in [0.2, 0.25) is 0 Å². The minimum absolute atomic E-state index is 0.00419. The van der Waals surface area contributed by atoms with Crippen LogP contribution in [0.2, 0.25) is 0 Å². The number of pyridine rings is 2. The summed E-state index contributed by atoms with van der Waals surface area (Å²) in [6.45, 7) is 2.09. The number of nitrogens with one attached hydrogen (secondary N) is 2. The van der Waals surface area contributed by atoms with Crippen molar-refractivity contribution in [2.45, 2.75) is 70.1 Å². The van der Waals surface area contributed by atoms with E-state index in [2.05, 4.69) is 25.5 Å². The van der Waals surface area contributed by atoms with E-state index in [4.69, 9.17) is 10.2 Å². The number of aliphatic carboxylic acids is 2. The minimum Gasteiger partial charge on any atom is -0.481 e. The van der Waals surface area contributed by atoms with Crippen LogP contribution in [-0.4, -0.2) is 68.0 Å². The van der Waals surface area contributed by atoms with Crippen molar-refractivity contribution in [1.82, 2.24) is 25.5 Å². The number of unbranched alkanes of at least 4 members (excludes halogenated alkanes) is 1. The van der Waals surface area contributed by atoms with E-state index in [9.17, 15) is 19.2 Å². The first-order valence-electron chi connectivity index (χ1n) is 12.3. The molecule has 0 radical (unpaired) electrons. The van der Waals surface area contributed by atoms with Crippen molar-refractivity contribution in [3.63, 3.8) is 0 Å². The zero-order valence-corrected chi connectivity index (χ0v) is 20.8. The van der Waals surface area contributed by atoms with E-state index >= 15 is 0 Å². The van der Waals surface area contributed by atoms with E-state index < -0.39 is 30.1 Å². The van der Waals surface area contributed by atoms with Crippen LogP contribution in [0.4, 0.5) is 4.79 Å². The van der Waals surface area contributed by atoms with Gasteiger partial charge in [0.05, 0.1) is 17.8 Å². The Morgan fingerprint density at radius 3 is 2.00 bits per heavy atom. The van der Waals surface area contributed by atoms with Crippen LogP contribution in [0.1, 0.15) is 56.3 Å². The molecule has 11 nitrogen and oxygen atoms in total. The predicted octanol–water partition coefficient (Wildman–Crippen LogP) is 2.61. The quantitative estimate of drug-likeness (QED) is 0.173. The first-order chi connectivity index (χ1) is 17.9. The Bertz CT molecular complexity index is 934. The number of hydrogen-bond donors (Lipinski definition) is 4. The van der Waals surface area contributed by atoms with Gasteiger partial charge in [0.15, 0.2) is 0 Å². The van der Waals surface area contributed by atoms with Crippen molar-refractivity contribution < 1.29 is 29.4 Å². The molecule has 2 rings (SSSR count). The third-order valence-corrected chi connectivity index (χ3v) is 5.68. The van der Waals surface area contributed by atoms with Crippen molar-refractivity contribution in [3.05, 3.63) is 60.2 Å². The summed E-state index contributed by atoms with van der Waals surface area (Å²) in [4.78, 5) is 56.5. The molecular formula is C26H35N5O6. The highest BCUT2D eigenvalue weighted by Gasteiger charge is 2.19. The Balaban J connectivity index is 1.86. The molecule has 2 amide bonds. The molecule has 0 aliphatic heterocycles. The van der Waals surface area contributed by atoms with Gasteiger partial charge in [-0.25, -0.2) is 4.79 Å². The number of hydrogen-bond acceptors (Lipinski definition) is 7. The third kappa shape index (κ3) is 13.1. The van der Waals surface area contributed by atoms with Crippen LogP contribution in [0.25, 0.3) is 0 Å². The lowest BCUT2D eigenvalue weighted by molar-refractivity contribution is -0.139. The number of aldehydes is 1. The van der Waals surface area contributed by atoms with E-state index in [0.717, 1.165) is 37.1 Å². The lowest BCUT2D eigenvalue weighted by atomic mass is 10.1. The smallest absolute Gasteiger partial charge is 0.315 e. The number of carbonyl (C=O) groups excluding carboxylic acids is 2. The fourth-order valence-electron chi connectivity index (χ4n) is 3.89. The van der Waals surface area contributed by atoms with Gasteiger partial charge in [0.25, 0.3) is 0 Å². The van der Waals surface area contributed by atoms with Crippen LogP contribution in [0.5, 0.6) is 0 Å². The van der Waals surface area contributed by atoms with E-state index in [-0.39, 0.29) is 25.7 Å². The number of aromatic nitrogens is 2. The Hall–Kier alpha value is -3.86. The Kier molecular flexibility index (Phi) is 13.3. The molecule has 4 N–H and O–H groups in total.